The van der Waals surface area contributed by atoms with E-state index in [1.807, 2.05) is 0 Å². The van der Waals surface area contributed by atoms with E-state index in [1.165, 1.54) is 40.7 Å². The fourth-order valence-corrected chi connectivity index (χ4v) is 6.09. The first kappa shape index (κ1) is 22.5. The topological polar surface area (TPSA) is 41.6 Å². The van der Waals surface area contributed by atoms with Crippen molar-refractivity contribution in [2.24, 2.45) is 11.3 Å². The van der Waals surface area contributed by atoms with Gasteiger partial charge in [0.25, 0.3) is 0 Å². The summed E-state index contributed by atoms with van der Waals surface area (Å²) in [6.45, 7) is 9.92. The summed E-state index contributed by atoms with van der Waals surface area (Å²) in [6.07, 6.45) is 6.66. The Morgan fingerprint density at radius 3 is 2.48 bits per heavy atom. The number of piperidine rings is 3. The SMILES string of the molecule is CCCCc1ccc(-c2ccc3c(c2)CC(C)(C)C3NC(=O)O[C@@H]2CN3CCC2CC3)cc1. The van der Waals surface area contributed by atoms with E-state index in [-0.39, 0.29) is 23.7 Å². The summed E-state index contributed by atoms with van der Waals surface area (Å²) >= 11 is 0. The zero-order valence-corrected chi connectivity index (χ0v) is 20.4. The molecule has 2 atom stereocenters. The van der Waals surface area contributed by atoms with Crippen LogP contribution in [0.4, 0.5) is 4.79 Å². The minimum Gasteiger partial charge on any atom is -0.445 e. The third-order valence-electron chi connectivity index (χ3n) is 8.10. The lowest BCUT2D eigenvalue weighted by atomic mass is 9.85. The van der Waals surface area contributed by atoms with Crippen molar-refractivity contribution in [1.82, 2.24) is 10.2 Å². The molecule has 6 rings (SSSR count). The molecule has 0 aromatic heterocycles. The summed E-state index contributed by atoms with van der Waals surface area (Å²) < 4.78 is 5.94. The third-order valence-corrected chi connectivity index (χ3v) is 8.10. The number of carbonyl (C=O) groups excluding carboxylic acids is 1. The Balaban J connectivity index is 1.28. The lowest BCUT2D eigenvalue weighted by Gasteiger charge is -2.44. The van der Waals surface area contributed by atoms with Gasteiger partial charge in [0.05, 0.1) is 6.04 Å². The van der Waals surface area contributed by atoms with Crippen LogP contribution in [0.1, 0.15) is 69.2 Å². The Kier molecular flexibility index (Phi) is 6.22. The first-order valence-corrected chi connectivity index (χ1v) is 12.8. The van der Waals surface area contributed by atoms with Crippen LogP contribution in [-0.2, 0) is 17.6 Å². The Bertz CT molecular complexity index is 989. The molecule has 3 saturated heterocycles. The molecule has 2 aromatic rings. The van der Waals surface area contributed by atoms with Crippen molar-refractivity contribution in [2.75, 3.05) is 19.6 Å². The maximum absolute atomic E-state index is 12.9. The van der Waals surface area contributed by atoms with Crippen molar-refractivity contribution in [3.05, 3.63) is 59.2 Å². The van der Waals surface area contributed by atoms with Crippen LogP contribution in [0.15, 0.2) is 42.5 Å². The van der Waals surface area contributed by atoms with Crippen molar-refractivity contribution in [3.8, 4) is 11.1 Å². The Labute approximate surface area is 198 Å². The highest BCUT2D eigenvalue weighted by Gasteiger charge is 2.42. The van der Waals surface area contributed by atoms with Crippen molar-refractivity contribution in [1.29, 1.82) is 0 Å². The van der Waals surface area contributed by atoms with Crippen LogP contribution in [0.2, 0.25) is 0 Å². The van der Waals surface area contributed by atoms with Gasteiger partial charge in [0.2, 0.25) is 0 Å². The molecule has 0 saturated carbocycles. The number of unbranched alkanes of at least 4 members (excludes halogenated alkanes) is 1. The first-order valence-electron chi connectivity index (χ1n) is 12.8. The molecular weight excluding hydrogens is 408 g/mol. The maximum atomic E-state index is 12.9. The van der Waals surface area contributed by atoms with Gasteiger partial charge < -0.3 is 10.1 Å². The van der Waals surface area contributed by atoms with E-state index in [2.05, 4.69) is 73.5 Å². The number of ether oxygens (including phenoxy) is 1. The lowest BCUT2D eigenvalue weighted by molar-refractivity contribution is -0.0348. The van der Waals surface area contributed by atoms with Crippen LogP contribution in [0.5, 0.6) is 0 Å². The molecular formula is C29H38N2O2. The van der Waals surface area contributed by atoms with Crippen LogP contribution < -0.4 is 5.32 Å². The molecule has 3 aliphatic heterocycles. The number of benzene rings is 2. The lowest BCUT2D eigenvalue weighted by Crippen LogP contribution is -2.53. The number of hydrogen-bond acceptors (Lipinski definition) is 3. The molecule has 33 heavy (non-hydrogen) atoms. The van der Waals surface area contributed by atoms with Crippen molar-refractivity contribution < 1.29 is 9.53 Å². The molecule has 4 aliphatic rings. The predicted octanol–water partition coefficient (Wildman–Crippen LogP) is 6.14. The minimum absolute atomic E-state index is 0.0217. The molecule has 0 radical (unpaired) electrons. The predicted molar refractivity (Wildman–Crippen MR) is 133 cm³/mol. The van der Waals surface area contributed by atoms with Crippen molar-refractivity contribution in [3.63, 3.8) is 0 Å². The van der Waals surface area contributed by atoms with Gasteiger partial charge in [-0.2, -0.15) is 0 Å². The van der Waals surface area contributed by atoms with Crippen LogP contribution in [0.3, 0.4) is 0 Å². The van der Waals surface area contributed by atoms with Crippen LogP contribution in [-0.4, -0.2) is 36.7 Å². The van der Waals surface area contributed by atoms with Gasteiger partial charge in [-0.15, -0.1) is 0 Å². The minimum atomic E-state index is -0.258. The summed E-state index contributed by atoms with van der Waals surface area (Å²) in [4.78, 5) is 15.3. The Hall–Kier alpha value is -2.33. The first-order chi connectivity index (χ1) is 15.9. The molecule has 3 fully saturated rings. The van der Waals surface area contributed by atoms with Crippen LogP contribution in [0.25, 0.3) is 11.1 Å². The number of nitrogens with one attached hydrogen (secondary N) is 1. The molecule has 2 bridgehead atoms. The number of alkyl carbamates (subject to hydrolysis) is 1. The fraction of sp³-hybridized carbons (Fsp3) is 0.552. The Morgan fingerprint density at radius 1 is 1.09 bits per heavy atom. The number of hydrogen-bond donors (Lipinski definition) is 1. The Morgan fingerprint density at radius 2 is 1.82 bits per heavy atom. The van der Waals surface area contributed by atoms with Crippen LogP contribution in [0, 0.1) is 11.3 Å². The van der Waals surface area contributed by atoms with E-state index in [0.717, 1.165) is 45.3 Å². The van der Waals surface area contributed by atoms with Gasteiger partial charge in [0.1, 0.15) is 6.10 Å². The highest BCUT2D eigenvalue weighted by molar-refractivity contribution is 5.70. The smallest absolute Gasteiger partial charge is 0.407 e. The van der Waals surface area contributed by atoms with Crippen LogP contribution >= 0.6 is 0 Å². The number of carbonyl (C=O) groups is 1. The molecule has 1 amide bonds. The maximum Gasteiger partial charge on any atom is 0.407 e. The van der Waals surface area contributed by atoms with Gasteiger partial charge in [-0.1, -0.05) is 69.7 Å². The summed E-state index contributed by atoms with van der Waals surface area (Å²) in [5.41, 5.74) is 6.44. The zero-order valence-electron chi connectivity index (χ0n) is 20.4. The number of aryl methyl sites for hydroxylation is 1. The van der Waals surface area contributed by atoms with E-state index in [4.69, 9.17) is 4.74 Å². The molecule has 176 valence electrons. The zero-order chi connectivity index (χ0) is 23.0. The van der Waals surface area contributed by atoms with Gasteiger partial charge in [0, 0.05) is 6.54 Å². The number of amides is 1. The largest absolute Gasteiger partial charge is 0.445 e. The number of rotatable bonds is 6. The molecule has 2 aromatic carbocycles. The van der Waals surface area contributed by atoms with Gasteiger partial charge in [0.15, 0.2) is 0 Å². The van der Waals surface area contributed by atoms with E-state index in [1.54, 1.807) is 0 Å². The molecule has 0 spiro atoms. The summed E-state index contributed by atoms with van der Waals surface area (Å²) in [7, 11) is 0. The van der Waals surface area contributed by atoms with Crippen molar-refractivity contribution in [2.45, 2.75) is 71.4 Å². The van der Waals surface area contributed by atoms with E-state index in [0.29, 0.717) is 5.92 Å². The molecule has 1 aliphatic carbocycles. The third kappa shape index (κ3) is 4.68. The second-order valence-electron chi connectivity index (χ2n) is 11.0. The molecule has 1 N–H and O–H groups in total. The average Bonchev–Trinajstić information content (AvgIpc) is 3.07. The summed E-state index contributed by atoms with van der Waals surface area (Å²) in [5.74, 6) is 0.528. The van der Waals surface area contributed by atoms with E-state index < -0.39 is 0 Å². The normalized spacial score (nSPS) is 27.2. The fourth-order valence-electron chi connectivity index (χ4n) is 6.09. The van der Waals surface area contributed by atoms with E-state index in [9.17, 15) is 4.79 Å². The highest BCUT2D eigenvalue weighted by atomic mass is 16.6. The summed E-state index contributed by atoms with van der Waals surface area (Å²) in [6, 6.07) is 15.7. The van der Waals surface area contributed by atoms with Crippen molar-refractivity contribution >= 4 is 6.09 Å². The average molecular weight is 447 g/mol. The van der Waals surface area contributed by atoms with Gasteiger partial charge in [-0.3, -0.25) is 4.90 Å². The second kappa shape index (κ2) is 9.13. The molecule has 3 heterocycles. The quantitative estimate of drug-likeness (QED) is 0.579. The second-order valence-corrected chi connectivity index (χ2v) is 11.0. The van der Waals surface area contributed by atoms with Gasteiger partial charge >= 0.3 is 6.09 Å². The monoisotopic (exact) mass is 446 g/mol. The summed E-state index contributed by atoms with van der Waals surface area (Å²) in [5, 5.41) is 3.24. The number of fused-ring (bicyclic) bond motifs is 4. The van der Waals surface area contributed by atoms with Gasteiger partial charge in [-0.25, -0.2) is 4.79 Å². The van der Waals surface area contributed by atoms with E-state index >= 15 is 0 Å². The molecule has 4 heteroatoms. The standard InChI is InChI=1S/C29H38N2O2/c1-4-5-6-20-7-9-21(10-8-20)23-11-12-25-24(17-23)18-29(2,3)27(25)30-28(32)33-26-19-31-15-13-22(26)14-16-31/h7-12,17,22,26-27H,4-6,13-16,18-19H2,1-3H3,(H,30,32)/t26-,27?/m1/s1. The van der Waals surface area contributed by atoms with Gasteiger partial charge in [-0.05, 0) is 84.3 Å². The molecule has 4 nitrogen and oxygen atoms in total. The number of nitrogens with zero attached hydrogens (tertiary/aromatic N) is 1. The highest BCUT2D eigenvalue weighted by Crippen LogP contribution is 2.46. The molecule has 1 unspecified atom stereocenters.